The van der Waals surface area contributed by atoms with Gasteiger partial charge in [0.25, 0.3) is 0 Å². The Morgan fingerprint density at radius 2 is 2.40 bits per heavy atom. The molecule has 1 aromatic rings. The standard InChI is InChI=1S/C12H16N2O/c13-8-2-1-3-9-14-10-4-6-12-7-5-11-15-12/h4-7,11,14H,1-3,9-10H2/b6-4+. The number of unbranched alkanes of at least 4 members (excludes halogenated alkanes) is 2. The van der Waals surface area contributed by atoms with E-state index in [2.05, 4.69) is 11.4 Å². The molecule has 0 fully saturated rings. The Morgan fingerprint density at radius 3 is 3.13 bits per heavy atom. The molecule has 0 saturated carbocycles. The molecule has 0 aliphatic rings. The highest BCUT2D eigenvalue weighted by atomic mass is 16.3. The molecule has 0 aromatic carbocycles. The number of rotatable bonds is 7. The van der Waals surface area contributed by atoms with Crippen LogP contribution in [0.25, 0.3) is 6.08 Å². The molecule has 0 bridgehead atoms. The van der Waals surface area contributed by atoms with Crippen molar-refractivity contribution in [1.82, 2.24) is 5.32 Å². The number of furan rings is 1. The van der Waals surface area contributed by atoms with E-state index in [4.69, 9.17) is 9.68 Å². The van der Waals surface area contributed by atoms with Gasteiger partial charge in [-0.1, -0.05) is 6.08 Å². The lowest BCUT2D eigenvalue weighted by Crippen LogP contribution is -2.14. The third kappa shape index (κ3) is 5.71. The first-order chi connectivity index (χ1) is 7.43. The smallest absolute Gasteiger partial charge is 0.126 e. The van der Waals surface area contributed by atoms with Gasteiger partial charge in [-0.2, -0.15) is 5.26 Å². The van der Waals surface area contributed by atoms with Gasteiger partial charge in [0.2, 0.25) is 0 Å². The summed E-state index contributed by atoms with van der Waals surface area (Å²) in [5.41, 5.74) is 0. The van der Waals surface area contributed by atoms with E-state index in [0.717, 1.165) is 31.7 Å². The Hall–Kier alpha value is -1.53. The zero-order chi connectivity index (χ0) is 10.8. The average molecular weight is 204 g/mol. The number of nitrogens with zero attached hydrogens (tertiary/aromatic N) is 1. The van der Waals surface area contributed by atoms with Crippen LogP contribution in [0.1, 0.15) is 25.0 Å². The lowest BCUT2D eigenvalue weighted by Gasteiger charge is -1.98. The van der Waals surface area contributed by atoms with Crippen molar-refractivity contribution >= 4 is 6.08 Å². The lowest BCUT2D eigenvalue weighted by molar-refractivity contribution is 0.556. The van der Waals surface area contributed by atoms with Crippen molar-refractivity contribution in [3.63, 3.8) is 0 Å². The molecule has 1 aromatic heterocycles. The van der Waals surface area contributed by atoms with Crippen LogP contribution >= 0.6 is 0 Å². The van der Waals surface area contributed by atoms with Crippen LogP contribution in [0.3, 0.4) is 0 Å². The maximum absolute atomic E-state index is 8.32. The largest absolute Gasteiger partial charge is 0.465 e. The molecular weight excluding hydrogens is 188 g/mol. The van der Waals surface area contributed by atoms with Gasteiger partial charge >= 0.3 is 0 Å². The highest BCUT2D eigenvalue weighted by molar-refractivity contribution is 5.42. The second kappa shape index (κ2) is 7.84. The van der Waals surface area contributed by atoms with Crippen molar-refractivity contribution in [2.75, 3.05) is 13.1 Å². The van der Waals surface area contributed by atoms with Crippen molar-refractivity contribution in [3.05, 3.63) is 30.2 Å². The molecule has 1 N–H and O–H groups in total. The summed E-state index contributed by atoms with van der Waals surface area (Å²) in [7, 11) is 0. The number of nitrogens with one attached hydrogen (secondary N) is 1. The molecule has 0 aliphatic carbocycles. The third-order valence-electron chi connectivity index (χ3n) is 1.98. The van der Waals surface area contributed by atoms with Gasteiger partial charge in [-0.15, -0.1) is 0 Å². The maximum Gasteiger partial charge on any atom is 0.126 e. The van der Waals surface area contributed by atoms with Crippen molar-refractivity contribution in [1.29, 1.82) is 5.26 Å². The molecule has 0 saturated heterocycles. The van der Waals surface area contributed by atoms with Crippen LogP contribution in [0.4, 0.5) is 0 Å². The Kier molecular flexibility index (Phi) is 6.03. The molecule has 0 amide bonds. The van der Waals surface area contributed by atoms with Gasteiger partial charge in [0, 0.05) is 13.0 Å². The zero-order valence-electron chi connectivity index (χ0n) is 8.78. The lowest BCUT2D eigenvalue weighted by atomic mass is 10.2. The van der Waals surface area contributed by atoms with E-state index < -0.39 is 0 Å². The van der Waals surface area contributed by atoms with Crippen LogP contribution < -0.4 is 5.32 Å². The Morgan fingerprint density at radius 1 is 1.47 bits per heavy atom. The Balaban J connectivity index is 1.95. The van der Waals surface area contributed by atoms with Crippen molar-refractivity contribution < 1.29 is 4.42 Å². The molecule has 1 heterocycles. The van der Waals surface area contributed by atoms with Gasteiger partial charge in [0.1, 0.15) is 5.76 Å². The third-order valence-corrected chi connectivity index (χ3v) is 1.98. The van der Waals surface area contributed by atoms with Crippen molar-refractivity contribution in [2.45, 2.75) is 19.3 Å². The zero-order valence-corrected chi connectivity index (χ0v) is 8.78. The minimum Gasteiger partial charge on any atom is -0.465 e. The SMILES string of the molecule is N#CCCCCNC/C=C/c1ccco1. The molecule has 80 valence electrons. The van der Waals surface area contributed by atoms with E-state index >= 15 is 0 Å². The number of hydrogen-bond acceptors (Lipinski definition) is 3. The van der Waals surface area contributed by atoms with E-state index in [1.807, 2.05) is 24.3 Å². The normalized spacial score (nSPS) is 10.6. The molecule has 0 radical (unpaired) electrons. The first kappa shape index (κ1) is 11.5. The van der Waals surface area contributed by atoms with E-state index in [9.17, 15) is 0 Å². The van der Waals surface area contributed by atoms with Crippen LogP contribution in [-0.4, -0.2) is 13.1 Å². The van der Waals surface area contributed by atoms with E-state index in [-0.39, 0.29) is 0 Å². The fraction of sp³-hybridized carbons (Fsp3) is 0.417. The number of nitriles is 1. The summed E-state index contributed by atoms with van der Waals surface area (Å²) in [5.74, 6) is 0.876. The first-order valence-corrected chi connectivity index (χ1v) is 5.21. The summed E-state index contributed by atoms with van der Waals surface area (Å²) >= 11 is 0. The van der Waals surface area contributed by atoms with Crippen LogP contribution in [0.15, 0.2) is 28.9 Å². The van der Waals surface area contributed by atoms with Crippen molar-refractivity contribution in [2.24, 2.45) is 0 Å². The van der Waals surface area contributed by atoms with Gasteiger partial charge in [-0.25, -0.2) is 0 Å². The van der Waals surface area contributed by atoms with E-state index in [1.165, 1.54) is 0 Å². The molecule has 0 unspecified atom stereocenters. The van der Waals surface area contributed by atoms with Crippen LogP contribution in [0, 0.1) is 11.3 Å². The molecular formula is C12H16N2O. The summed E-state index contributed by atoms with van der Waals surface area (Å²) in [4.78, 5) is 0. The van der Waals surface area contributed by atoms with Crippen LogP contribution in [-0.2, 0) is 0 Å². The van der Waals surface area contributed by atoms with Crippen LogP contribution in [0.2, 0.25) is 0 Å². The molecule has 0 atom stereocenters. The fourth-order valence-corrected chi connectivity index (χ4v) is 1.20. The van der Waals surface area contributed by atoms with Gasteiger partial charge in [0.05, 0.1) is 12.3 Å². The second-order valence-electron chi connectivity index (χ2n) is 3.24. The highest BCUT2D eigenvalue weighted by Crippen LogP contribution is 2.01. The van der Waals surface area contributed by atoms with Gasteiger partial charge in [-0.3, -0.25) is 0 Å². The summed E-state index contributed by atoms with van der Waals surface area (Å²) in [5, 5.41) is 11.6. The predicted molar refractivity (Wildman–Crippen MR) is 60.1 cm³/mol. The quantitative estimate of drug-likeness (QED) is 0.694. The fourth-order valence-electron chi connectivity index (χ4n) is 1.20. The molecule has 0 spiro atoms. The van der Waals surface area contributed by atoms with Gasteiger partial charge < -0.3 is 9.73 Å². The Bertz CT molecular complexity index is 309. The summed E-state index contributed by atoms with van der Waals surface area (Å²) in [6, 6.07) is 5.92. The van der Waals surface area contributed by atoms with Crippen molar-refractivity contribution in [3.8, 4) is 6.07 Å². The van der Waals surface area contributed by atoms with Gasteiger partial charge in [-0.05, 0) is 37.6 Å². The highest BCUT2D eigenvalue weighted by Gasteiger charge is 1.88. The molecule has 0 aliphatic heterocycles. The molecule has 3 nitrogen and oxygen atoms in total. The van der Waals surface area contributed by atoms with Crippen LogP contribution in [0.5, 0.6) is 0 Å². The van der Waals surface area contributed by atoms with E-state index in [0.29, 0.717) is 6.42 Å². The molecule has 15 heavy (non-hydrogen) atoms. The minimum atomic E-state index is 0.657. The minimum absolute atomic E-state index is 0.657. The Labute approximate surface area is 90.4 Å². The molecule has 3 heteroatoms. The molecule has 1 rings (SSSR count). The average Bonchev–Trinajstić information content (AvgIpc) is 2.75. The summed E-state index contributed by atoms with van der Waals surface area (Å²) in [6.45, 7) is 1.80. The van der Waals surface area contributed by atoms with Gasteiger partial charge in [0.15, 0.2) is 0 Å². The predicted octanol–water partition coefficient (Wildman–Crippen LogP) is 2.58. The number of hydrogen-bond donors (Lipinski definition) is 1. The monoisotopic (exact) mass is 204 g/mol. The maximum atomic E-state index is 8.32. The first-order valence-electron chi connectivity index (χ1n) is 5.21. The topological polar surface area (TPSA) is 49.0 Å². The summed E-state index contributed by atoms with van der Waals surface area (Å²) < 4.78 is 5.14. The summed E-state index contributed by atoms with van der Waals surface area (Å²) in [6.07, 6.45) is 8.33. The van der Waals surface area contributed by atoms with E-state index in [1.54, 1.807) is 6.26 Å². The second-order valence-corrected chi connectivity index (χ2v) is 3.24.